The molecule has 4 heterocycles. The predicted octanol–water partition coefficient (Wildman–Crippen LogP) is 2.04. The topological polar surface area (TPSA) is 72.4 Å². The van der Waals surface area contributed by atoms with Crippen LogP contribution < -0.4 is 5.32 Å². The quantitative estimate of drug-likeness (QED) is 0.880. The molecular formula is C19H25N5O2. The van der Waals surface area contributed by atoms with Crippen LogP contribution in [0.3, 0.4) is 0 Å². The van der Waals surface area contributed by atoms with Gasteiger partial charge in [-0.1, -0.05) is 6.07 Å². The van der Waals surface area contributed by atoms with Crippen molar-refractivity contribution in [1.29, 1.82) is 0 Å². The van der Waals surface area contributed by atoms with Gasteiger partial charge in [0.2, 0.25) is 0 Å². The number of anilines is 1. The van der Waals surface area contributed by atoms with Gasteiger partial charge in [0.05, 0.1) is 19.3 Å². The van der Waals surface area contributed by atoms with Crippen molar-refractivity contribution in [1.82, 2.24) is 19.9 Å². The number of ether oxygens (including phenoxy) is 2. The molecule has 0 aliphatic carbocycles. The minimum atomic E-state index is 0.104. The van der Waals surface area contributed by atoms with Gasteiger partial charge in [-0.2, -0.15) is 0 Å². The lowest BCUT2D eigenvalue weighted by atomic mass is 10.0. The van der Waals surface area contributed by atoms with Gasteiger partial charge in [-0.25, -0.2) is 9.97 Å². The summed E-state index contributed by atoms with van der Waals surface area (Å²) >= 11 is 0. The second kappa shape index (κ2) is 8.53. The first-order chi connectivity index (χ1) is 12.9. The van der Waals surface area contributed by atoms with Crippen LogP contribution in [0.2, 0.25) is 0 Å². The molecule has 138 valence electrons. The zero-order valence-corrected chi connectivity index (χ0v) is 14.9. The van der Waals surface area contributed by atoms with Crippen molar-refractivity contribution in [2.24, 2.45) is 0 Å². The summed E-state index contributed by atoms with van der Waals surface area (Å²) in [7, 11) is 0. The van der Waals surface area contributed by atoms with Gasteiger partial charge < -0.3 is 14.8 Å². The van der Waals surface area contributed by atoms with Gasteiger partial charge in [-0.15, -0.1) is 0 Å². The Bertz CT molecular complexity index is 693. The molecule has 0 spiro atoms. The lowest BCUT2D eigenvalue weighted by molar-refractivity contribution is -0.0591. The molecule has 2 aromatic heterocycles. The van der Waals surface area contributed by atoms with E-state index in [1.807, 2.05) is 30.6 Å². The molecule has 2 aromatic rings. The molecule has 0 radical (unpaired) electrons. The van der Waals surface area contributed by atoms with Gasteiger partial charge in [0.15, 0.2) is 0 Å². The number of rotatable bonds is 5. The van der Waals surface area contributed by atoms with Crippen LogP contribution in [0.1, 0.15) is 30.3 Å². The van der Waals surface area contributed by atoms with Crippen molar-refractivity contribution in [2.75, 3.05) is 38.3 Å². The Labute approximate surface area is 153 Å². The van der Waals surface area contributed by atoms with E-state index in [2.05, 4.69) is 20.2 Å². The van der Waals surface area contributed by atoms with Crippen molar-refractivity contribution in [3.63, 3.8) is 0 Å². The Balaban J connectivity index is 1.46. The first-order valence-electron chi connectivity index (χ1n) is 9.27. The molecule has 2 saturated heterocycles. The Morgan fingerprint density at radius 3 is 2.88 bits per heavy atom. The Hall–Kier alpha value is -2.09. The molecule has 7 heteroatoms. The van der Waals surface area contributed by atoms with E-state index in [1.54, 1.807) is 6.20 Å². The summed E-state index contributed by atoms with van der Waals surface area (Å²) in [5, 5.41) is 3.36. The van der Waals surface area contributed by atoms with Crippen LogP contribution in [0.5, 0.6) is 0 Å². The van der Waals surface area contributed by atoms with Crippen molar-refractivity contribution in [3.8, 4) is 0 Å². The van der Waals surface area contributed by atoms with Crippen molar-refractivity contribution < 1.29 is 9.47 Å². The van der Waals surface area contributed by atoms with Gasteiger partial charge >= 0.3 is 0 Å². The second-order valence-corrected chi connectivity index (χ2v) is 6.69. The second-order valence-electron chi connectivity index (χ2n) is 6.69. The highest BCUT2D eigenvalue weighted by molar-refractivity contribution is 5.34. The Morgan fingerprint density at radius 1 is 1.12 bits per heavy atom. The molecule has 1 unspecified atom stereocenters. The third-order valence-corrected chi connectivity index (χ3v) is 5.00. The molecule has 7 nitrogen and oxygen atoms in total. The van der Waals surface area contributed by atoms with E-state index in [9.17, 15) is 0 Å². The molecule has 2 fully saturated rings. The van der Waals surface area contributed by atoms with Crippen LogP contribution in [0, 0.1) is 0 Å². The van der Waals surface area contributed by atoms with E-state index in [1.165, 1.54) is 0 Å². The summed E-state index contributed by atoms with van der Waals surface area (Å²) in [6.45, 7) is 4.70. The average Bonchev–Trinajstić information content (AvgIpc) is 2.74. The summed E-state index contributed by atoms with van der Waals surface area (Å²) in [5.41, 5.74) is 1.12. The highest BCUT2D eigenvalue weighted by Gasteiger charge is 2.33. The Kier molecular flexibility index (Phi) is 5.68. The van der Waals surface area contributed by atoms with Crippen LogP contribution in [-0.4, -0.2) is 58.9 Å². The van der Waals surface area contributed by atoms with Crippen LogP contribution in [0.25, 0.3) is 0 Å². The zero-order chi connectivity index (χ0) is 17.6. The summed E-state index contributed by atoms with van der Waals surface area (Å²) in [6.07, 6.45) is 7.59. The predicted molar refractivity (Wildman–Crippen MR) is 97.7 cm³/mol. The maximum absolute atomic E-state index is 5.75. The van der Waals surface area contributed by atoms with Gasteiger partial charge in [0.1, 0.15) is 11.6 Å². The standard InChI is InChI=1S/C19H25N5O2/c1-2-15(12-20-6-1)13-22-18-3-7-21-19(23-18)17-14-26-11-8-24(17)16-4-9-25-10-5-16/h1-3,6-7,12,16-17H,4-5,8-11,13-14H2,(H,21,22,23). The first kappa shape index (κ1) is 17.3. The number of aromatic nitrogens is 3. The Morgan fingerprint density at radius 2 is 2.04 bits per heavy atom. The highest BCUT2D eigenvalue weighted by atomic mass is 16.5. The van der Waals surface area contributed by atoms with Gasteiger partial charge in [-0.3, -0.25) is 9.88 Å². The first-order valence-corrected chi connectivity index (χ1v) is 9.27. The van der Waals surface area contributed by atoms with Gasteiger partial charge in [0, 0.05) is 50.9 Å². The lowest BCUT2D eigenvalue weighted by Gasteiger charge is -2.41. The SMILES string of the molecule is c1cncc(CNc2ccnc(C3COCCN3C3CCOCC3)n2)c1. The number of hydrogen-bond donors (Lipinski definition) is 1. The van der Waals surface area contributed by atoms with Crippen LogP contribution >= 0.6 is 0 Å². The number of hydrogen-bond acceptors (Lipinski definition) is 7. The fourth-order valence-electron chi connectivity index (χ4n) is 3.62. The molecule has 4 rings (SSSR count). The maximum atomic E-state index is 5.75. The van der Waals surface area contributed by atoms with Crippen LogP contribution in [-0.2, 0) is 16.0 Å². The van der Waals surface area contributed by atoms with Crippen molar-refractivity contribution in [3.05, 3.63) is 48.2 Å². The van der Waals surface area contributed by atoms with E-state index < -0.39 is 0 Å². The number of morpholine rings is 1. The minimum Gasteiger partial charge on any atom is -0.381 e. The zero-order valence-electron chi connectivity index (χ0n) is 14.9. The maximum Gasteiger partial charge on any atom is 0.150 e. The highest BCUT2D eigenvalue weighted by Crippen LogP contribution is 2.28. The monoisotopic (exact) mass is 355 g/mol. The fraction of sp³-hybridized carbons (Fsp3) is 0.526. The van der Waals surface area contributed by atoms with E-state index in [0.717, 1.165) is 56.4 Å². The molecule has 1 N–H and O–H groups in total. The van der Waals surface area contributed by atoms with Crippen molar-refractivity contribution in [2.45, 2.75) is 31.5 Å². The molecule has 1 atom stereocenters. The molecule has 0 saturated carbocycles. The smallest absolute Gasteiger partial charge is 0.150 e. The van der Waals surface area contributed by atoms with E-state index in [4.69, 9.17) is 14.5 Å². The van der Waals surface area contributed by atoms with E-state index >= 15 is 0 Å². The molecule has 0 amide bonds. The molecular weight excluding hydrogens is 330 g/mol. The lowest BCUT2D eigenvalue weighted by Crippen LogP contribution is -2.48. The molecule has 2 aliphatic heterocycles. The third-order valence-electron chi connectivity index (χ3n) is 5.00. The van der Waals surface area contributed by atoms with Gasteiger partial charge in [-0.05, 0) is 30.5 Å². The van der Waals surface area contributed by atoms with E-state index in [-0.39, 0.29) is 6.04 Å². The van der Waals surface area contributed by atoms with Crippen LogP contribution in [0.15, 0.2) is 36.8 Å². The normalized spacial score (nSPS) is 22.2. The average molecular weight is 355 g/mol. The molecule has 26 heavy (non-hydrogen) atoms. The summed E-state index contributed by atoms with van der Waals surface area (Å²) in [6, 6.07) is 6.51. The minimum absolute atomic E-state index is 0.104. The van der Waals surface area contributed by atoms with Gasteiger partial charge in [0.25, 0.3) is 0 Å². The van der Waals surface area contributed by atoms with E-state index in [0.29, 0.717) is 19.2 Å². The number of pyridine rings is 1. The summed E-state index contributed by atoms with van der Waals surface area (Å²) < 4.78 is 11.3. The molecule has 0 bridgehead atoms. The summed E-state index contributed by atoms with van der Waals surface area (Å²) in [5.74, 6) is 1.66. The van der Waals surface area contributed by atoms with Crippen LogP contribution in [0.4, 0.5) is 5.82 Å². The molecule has 0 aromatic carbocycles. The third kappa shape index (κ3) is 4.17. The fourth-order valence-corrected chi connectivity index (χ4v) is 3.62. The van der Waals surface area contributed by atoms with Crippen molar-refractivity contribution >= 4 is 5.82 Å². The number of nitrogens with one attached hydrogen (secondary N) is 1. The summed E-state index contributed by atoms with van der Waals surface area (Å²) in [4.78, 5) is 16.0. The largest absolute Gasteiger partial charge is 0.381 e. The number of nitrogens with zero attached hydrogens (tertiary/aromatic N) is 4. The molecule has 2 aliphatic rings.